The largest absolute Gasteiger partial charge is 0.533 e. The third-order valence-electron chi connectivity index (χ3n) is 5.94. The molecule has 0 aliphatic rings. The zero-order valence-corrected chi connectivity index (χ0v) is 23.4. The summed E-state index contributed by atoms with van der Waals surface area (Å²) in [6, 6.07) is 9.65. The number of amides is 2. The summed E-state index contributed by atoms with van der Waals surface area (Å²) >= 11 is 7.09. The van der Waals surface area contributed by atoms with Crippen LogP contribution in [0, 0.1) is 5.82 Å². The first kappa shape index (κ1) is 29.3. The predicted molar refractivity (Wildman–Crippen MR) is 150 cm³/mol. The lowest BCUT2D eigenvalue weighted by Crippen LogP contribution is -2.42. The van der Waals surface area contributed by atoms with Gasteiger partial charge in [0.05, 0.1) is 33.2 Å². The van der Waals surface area contributed by atoms with Gasteiger partial charge in [-0.1, -0.05) is 11.6 Å². The van der Waals surface area contributed by atoms with Crippen molar-refractivity contribution in [1.29, 1.82) is 0 Å². The maximum absolute atomic E-state index is 14.3. The molecule has 0 radical (unpaired) electrons. The highest BCUT2D eigenvalue weighted by atomic mass is 35.5. The molecule has 0 saturated carbocycles. The molecule has 2 heterocycles. The van der Waals surface area contributed by atoms with Gasteiger partial charge in [-0.25, -0.2) is 18.5 Å². The van der Waals surface area contributed by atoms with Crippen LogP contribution in [0.4, 0.5) is 14.9 Å². The first-order valence-corrected chi connectivity index (χ1v) is 13.2. The summed E-state index contributed by atoms with van der Waals surface area (Å²) in [5.74, 6) is -2.12. The summed E-state index contributed by atoms with van der Waals surface area (Å²) in [5.41, 5.74) is 0.959. The van der Waals surface area contributed by atoms with Crippen molar-refractivity contribution in [3.8, 4) is 5.69 Å². The number of hydrogen-bond donors (Lipinski definition) is 3. The van der Waals surface area contributed by atoms with Crippen molar-refractivity contribution in [3.05, 3.63) is 90.0 Å². The molecule has 3 N–H and O–H groups in total. The second-order valence-corrected chi connectivity index (χ2v) is 10.2. The van der Waals surface area contributed by atoms with Gasteiger partial charge < -0.3 is 24.8 Å². The highest BCUT2D eigenvalue weighted by molar-refractivity contribution is 7.16. The lowest BCUT2D eigenvalue weighted by atomic mass is 10.1. The van der Waals surface area contributed by atoms with E-state index in [1.807, 2.05) is 5.48 Å². The molecule has 2 aromatic heterocycles. The van der Waals surface area contributed by atoms with E-state index in [0.29, 0.717) is 9.21 Å². The summed E-state index contributed by atoms with van der Waals surface area (Å²) in [5, 5.41) is 2.59. The van der Waals surface area contributed by atoms with E-state index in [-0.39, 0.29) is 34.4 Å². The highest BCUT2D eigenvalue weighted by Crippen LogP contribution is 2.31. The topological polar surface area (TPSA) is 152 Å². The highest BCUT2D eigenvalue weighted by Gasteiger charge is 2.32. The van der Waals surface area contributed by atoms with Gasteiger partial charge in [-0.3, -0.25) is 14.4 Å². The molecule has 0 fully saturated rings. The number of hydroxylamine groups is 1. The molecule has 41 heavy (non-hydrogen) atoms. The molecule has 214 valence electrons. The minimum absolute atomic E-state index is 0.0262. The van der Waals surface area contributed by atoms with Gasteiger partial charge in [0.2, 0.25) is 0 Å². The summed E-state index contributed by atoms with van der Waals surface area (Å²) in [4.78, 5) is 72.3. The molecule has 0 spiro atoms. The molecule has 2 aromatic carbocycles. The third-order valence-corrected chi connectivity index (χ3v) is 7.23. The minimum Gasteiger partial charge on any atom is -0.433 e. The van der Waals surface area contributed by atoms with Crippen LogP contribution in [0.3, 0.4) is 0 Å². The molecular formula is C26H23ClFN5O7S. The molecule has 4 rings (SSSR count). The summed E-state index contributed by atoms with van der Waals surface area (Å²) in [7, 11) is 2.87. The van der Waals surface area contributed by atoms with Crippen molar-refractivity contribution in [2.75, 3.05) is 26.0 Å². The average Bonchev–Trinajstić information content (AvgIpc) is 3.37. The molecule has 0 aliphatic carbocycles. The Hall–Kier alpha value is -4.69. The number of anilines is 1. The zero-order valence-electron chi connectivity index (χ0n) is 21.8. The Kier molecular flexibility index (Phi) is 8.74. The number of nitrogens with one attached hydrogen (secondary N) is 3. The smallest absolute Gasteiger partial charge is 0.433 e. The standard InChI is InChI=1S/C26H23ClFN5O7S/c1-4-39-26(38)40-31-22(34)21(19-9-10-20(27)41-19)32(3)23(35)13-5-7-14(8-6-13)33-24(36)15-11-16(28)18(29-2)12-17(15)30-25(33)37/h5-12,21,29H,4H2,1-3H3,(H,30,37)(H,31,34). The van der Waals surface area contributed by atoms with E-state index >= 15 is 0 Å². The number of hydrogen-bond acceptors (Lipinski definition) is 9. The molecule has 1 atom stereocenters. The number of carbonyl (C=O) groups is 3. The Labute approximate surface area is 240 Å². The van der Waals surface area contributed by atoms with Crippen molar-refractivity contribution >= 4 is 57.5 Å². The van der Waals surface area contributed by atoms with Crippen LogP contribution in [0.15, 0.2) is 58.1 Å². The summed E-state index contributed by atoms with van der Waals surface area (Å²) in [6.45, 7) is 1.58. The normalized spacial score (nSPS) is 11.5. The van der Waals surface area contributed by atoms with Gasteiger partial charge >= 0.3 is 11.8 Å². The van der Waals surface area contributed by atoms with E-state index in [4.69, 9.17) is 11.6 Å². The second kappa shape index (κ2) is 12.2. The molecule has 4 aromatic rings. The first-order valence-electron chi connectivity index (χ1n) is 12.0. The summed E-state index contributed by atoms with van der Waals surface area (Å²) in [6.07, 6.45) is -1.13. The molecule has 15 heteroatoms. The van der Waals surface area contributed by atoms with Crippen molar-refractivity contribution in [3.63, 3.8) is 0 Å². The molecule has 2 amide bonds. The van der Waals surface area contributed by atoms with Crippen LogP contribution in [-0.4, -0.2) is 53.1 Å². The van der Waals surface area contributed by atoms with Gasteiger partial charge in [0.1, 0.15) is 11.9 Å². The van der Waals surface area contributed by atoms with E-state index in [1.165, 1.54) is 44.4 Å². The van der Waals surface area contributed by atoms with Crippen LogP contribution < -0.4 is 22.0 Å². The van der Waals surface area contributed by atoms with Crippen molar-refractivity contribution in [1.82, 2.24) is 19.9 Å². The Bertz CT molecular complexity index is 1750. The molecule has 0 saturated heterocycles. The van der Waals surface area contributed by atoms with Crippen molar-refractivity contribution in [2.24, 2.45) is 0 Å². The Morgan fingerprint density at radius 2 is 1.85 bits per heavy atom. The van der Waals surface area contributed by atoms with Crippen LogP contribution in [0.2, 0.25) is 4.34 Å². The average molecular weight is 604 g/mol. The van der Waals surface area contributed by atoms with Crippen molar-refractivity contribution in [2.45, 2.75) is 13.0 Å². The van der Waals surface area contributed by atoms with E-state index in [1.54, 1.807) is 19.1 Å². The number of rotatable bonds is 7. The first-order chi connectivity index (χ1) is 19.5. The lowest BCUT2D eigenvalue weighted by molar-refractivity contribution is -0.135. The number of carbonyl (C=O) groups excluding carboxylic acids is 3. The minimum atomic E-state index is -1.24. The molecule has 12 nitrogen and oxygen atoms in total. The number of aromatic nitrogens is 2. The molecule has 0 aliphatic heterocycles. The fourth-order valence-electron chi connectivity index (χ4n) is 4.00. The van der Waals surface area contributed by atoms with Crippen molar-refractivity contribution < 1.29 is 28.3 Å². The molecule has 1 unspecified atom stereocenters. The maximum atomic E-state index is 14.3. The Balaban J connectivity index is 1.63. The predicted octanol–water partition coefficient (Wildman–Crippen LogP) is 3.59. The third kappa shape index (κ3) is 6.07. The van der Waals surface area contributed by atoms with E-state index in [0.717, 1.165) is 26.9 Å². The van der Waals surface area contributed by atoms with Gasteiger partial charge in [-0.15, -0.1) is 11.3 Å². The summed E-state index contributed by atoms with van der Waals surface area (Å²) < 4.78 is 20.1. The number of halogens is 2. The SMILES string of the molecule is CCOC(=O)ONC(=O)C(c1ccc(Cl)s1)N(C)C(=O)c1ccc(-n2c(=O)[nH]c3cc(NC)c(F)cc3c2=O)cc1. The molecular weight excluding hydrogens is 581 g/mol. The van der Waals surface area contributed by atoms with Crippen LogP contribution in [0.5, 0.6) is 0 Å². The van der Waals surface area contributed by atoms with Gasteiger partial charge in [0, 0.05) is 24.5 Å². The monoisotopic (exact) mass is 603 g/mol. The van der Waals surface area contributed by atoms with Gasteiger partial charge in [0.15, 0.2) is 0 Å². The number of aromatic amines is 1. The number of H-pyrrole nitrogens is 1. The zero-order chi connectivity index (χ0) is 29.8. The van der Waals surface area contributed by atoms with Crippen LogP contribution in [0.25, 0.3) is 16.6 Å². The van der Waals surface area contributed by atoms with E-state index in [2.05, 4.69) is 19.9 Å². The van der Waals surface area contributed by atoms with Crippen LogP contribution >= 0.6 is 22.9 Å². The lowest BCUT2D eigenvalue weighted by Gasteiger charge is -2.26. The van der Waals surface area contributed by atoms with Gasteiger partial charge in [-0.2, -0.15) is 5.48 Å². The number of ether oxygens (including phenoxy) is 1. The quantitative estimate of drug-likeness (QED) is 0.214. The fourth-order valence-corrected chi connectivity index (χ4v) is 5.21. The number of thiophene rings is 1. The maximum Gasteiger partial charge on any atom is 0.533 e. The number of likely N-dealkylation sites (N-methyl/N-ethyl adjacent to an activating group) is 1. The Morgan fingerprint density at radius 3 is 2.46 bits per heavy atom. The molecule has 0 bridgehead atoms. The van der Waals surface area contributed by atoms with E-state index < -0.39 is 41.1 Å². The number of benzene rings is 2. The number of nitrogens with zero attached hydrogens (tertiary/aromatic N) is 2. The van der Waals surface area contributed by atoms with Crippen LogP contribution in [-0.2, 0) is 14.4 Å². The van der Waals surface area contributed by atoms with Gasteiger partial charge in [0.25, 0.3) is 17.4 Å². The second-order valence-electron chi connectivity index (χ2n) is 8.46. The van der Waals surface area contributed by atoms with E-state index in [9.17, 15) is 28.4 Å². The number of fused-ring (bicyclic) bond motifs is 1. The Morgan fingerprint density at radius 1 is 1.15 bits per heavy atom. The van der Waals surface area contributed by atoms with Gasteiger partial charge in [-0.05, 0) is 55.5 Å². The van der Waals surface area contributed by atoms with Crippen LogP contribution in [0.1, 0.15) is 28.2 Å². The fraction of sp³-hybridized carbons (Fsp3) is 0.192.